The summed E-state index contributed by atoms with van der Waals surface area (Å²) < 4.78 is 52.1. The smallest absolute Gasteiger partial charge is 0.382 e. The SMILES string of the molecule is OC1(c2ccc(-c3cccc(Nc4nccc(C(F)(F)F)n4)c3)s2)CCN(c2ccc(F)cc2)C1. The minimum absolute atomic E-state index is 0.148. The second kappa shape index (κ2) is 8.94. The summed E-state index contributed by atoms with van der Waals surface area (Å²) in [5.74, 6) is -0.451. The third-order valence-corrected chi connectivity index (χ3v) is 7.18. The molecule has 1 fully saturated rings. The van der Waals surface area contributed by atoms with E-state index in [0.717, 1.165) is 33.3 Å². The first-order valence-corrected chi connectivity index (χ1v) is 11.6. The summed E-state index contributed by atoms with van der Waals surface area (Å²) in [4.78, 5) is 11.2. The van der Waals surface area contributed by atoms with Gasteiger partial charge in [0.1, 0.15) is 17.1 Å². The quantitative estimate of drug-likeness (QED) is 0.319. The fourth-order valence-corrected chi connectivity index (χ4v) is 5.18. The van der Waals surface area contributed by atoms with Crippen LogP contribution in [-0.2, 0) is 11.8 Å². The molecule has 0 bridgehead atoms. The summed E-state index contributed by atoms with van der Waals surface area (Å²) in [5.41, 5.74) is 0.191. The van der Waals surface area contributed by atoms with Gasteiger partial charge in [0, 0.05) is 40.3 Å². The van der Waals surface area contributed by atoms with Gasteiger partial charge in [-0.3, -0.25) is 0 Å². The van der Waals surface area contributed by atoms with Crippen LogP contribution in [0.1, 0.15) is 17.0 Å². The van der Waals surface area contributed by atoms with Gasteiger partial charge in [-0.2, -0.15) is 13.2 Å². The van der Waals surface area contributed by atoms with Crippen molar-refractivity contribution in [1.29, 1.82) is 0 Å². The van der Waals surface area contributed by atoms with Gasteiger partial charge in [0.15, 0.2) is 0 Å². The zero-order valence-corrected chi connectivity index (χ0v) is 19.1. The maximum absolute atomic E-state index is 13.2. The number of alkyl halides is 3. The number of β-amino-alcohol motifs (C(OH)–C–C–N with tert-alkyl or cyclic N) is 1. The predicted molar refractivity (Wildman–Crippen MR) is 127 cm³/mol. The number of rotatable bonds is 5. The third kappa shape index (κ3) is 4.98. The highest BCUT2D eigenvalue weighted by atomic mass is 32.1. The molecule has 1 aliphatic heterocycles. The Labute approximate surface area is 202 Å². The number of halogens is 4. The fourth-order valence-electron chi connectivity index (χ4n) is 4.07. The Kier molecular flexibility index (Phi) is 5.94. The molecule has 1 aliphatic rings. The zero-order valence-electron chi connectivity index (χ0n) is 18.3. The minimum Gasteiger partial charge on any atom is -0.382 e. The lowest BCUT2D eigenvalue weighted by atomic mass is 10.0. The Morgan fingerprint density at radius 3 is 2.60 bits per heavy atom. The second-order valence-electron chi connectivity index (χ2n) is 8.31. The van der Waals surface area contributed by atoms with Gasteiger partial charge in [0.05, 0.1) is 6.54 Å². The first kappa shape index (κ1) is 23.3. The van der Waals surface area contributed by atoms with Gasteiger partial charge in [-0.05, 0) is 60.2 Å². The van der Waals surface area contributed by atoms with Crippen molar-refractivity contribution < 1.29 is 22.7 Å². The highest BCUT2D eigenvalue weighted by molar-refractivity contribution is 7.15. The van der Waals surface area contributed by atoms with E-state index >= 15 is 0 Å². The van der Waals surface area contributed by atoms with Crippen LogP contribution in [-0.4, -0.2) is 28.2 Å². The predicted octanol–water partition coefficient (Wildman–Crippen LogP) is 6.20. The van der Waals surface area contributed by atoms with Crippen molar-refractivity contribution in [2.75, 3.05) is 23.3 Å². The number of nitrogens with one attached hydrogen (secondary N) is 1. The van der Waals surface area contributed by atoms with Crippen molar-refractivity contribution in [1.82, 2.24) is 9.97 Å². The number of aromatic nitrogens is 2. The van der Waals surface area contributed by atoms with E-state index in [4.69, 9.17) is 0 Å². The Hall–Kier alpha value is -3.50. The first-order valence-electron chi connectivity index (χ1n) is 10.8. The summed E-state index contributed by atoms with van der Waals surface area (Å²) in [6.45, 7) is 1.04. The topological polar surface area (TPSA) is 61.3 Å². The molecule has 3 heterocycles. The standard InChI is InChI=1S/C25H20F4N4OS/c26-17-4-6-19(7-5-17)33-13-11-24(34,15-33)22-9-8-20(35-22)16-2-1-3-18(14-16)31-23-30-12-10-21(32-23)25(27,28)29/h1-10,12,14,34H,11,13,15H2,(H,30,31,32). The molecule has 4 aromatic rings. The largest absolute Gasteiger partial charge is 0.433 e. The Bertz CT molecular complexity index is 1340. The van der Waals surface area contributed by atoms with Crippen LogP contribution in [0.3, 0.4) is 0 Å². The first-order chi connectivity index (χ1) is 16.7. The van der Waals surface area contributed by atoms with E-state index in [1.54, 1.807) is 30.3 Å². The van der Waals surface area contributed by atoms with Gasteiger partial charge in [0.2, 0.25) is 5.95 Å². The van der Waals surface area contributed by atoms with Gasteiger partial charge >= 0.3 is 6.18 Å². The van der Waals surface area contributed by atoms with Crippen molar-refractivity contribution >= 4 is 28.7 Å². The molecule has 10 heteroatoms. The summed E-state index contributed by atoms with van der Waals surface area (Å²) in [6.07, 6.45) is -2.95. The van der Waals surface area contributed by atoms with E-state index in [2.05, 4.69) is 15.3 Å². The van der Waals surface area contributed by atoms with Gasteiger partial charge in [0.25, 0.3) is 0 Å². The number of benzene rings is 2. The fraction of sp³-hybridized carbons (Fsp3) is 0.200. The maximum atomic E-state index is 13.2. The number of nitrogens with zero attached hydrogens (tertiary/aromatic N) is 3. The average Bonchev–Trinajstić information content (AvgIpc) is 3.48. The number of anilines is 3. The molecule has 0 radical (unpaired) electrons. The molecule has 5 nitrogen and oxygen atoms in total. The molecule has 2 N–H and O–H groups in total. The highest BCUT2D eigenvalue weighted by Gasteiger charge is 2.39. The highest BCUT2D eigenvalue weighted by Crippen LogP contribution is 2.41. The number of hydrogen-bond donors (Lipinski definition) is 2. The van der Waals surface area contributed by atoms with Crippen LogP contribution in [0.5, 0.6) is 0 Å². The monoisotopic (exact) mass is 500 g/mol. The molecular formula is C25H20F4N4OS. The Morgan fingerprint density at radius 2 is 1.83 bits per heavy atom. The molecular weight excluding hydrogens is 480 g/mol. The summed E-state index contributed by atoms with van der Waals surface area (Å²) >= 11 is 1.46. The lowest BCUT2D eigenvalue weighted by Gasteiger charge is -2.23. The van der Waals surface area contributed by atoms with E-state index < -0.39 is 17.5 Å². The van der Waals surface area contributed by atoms with E-state index in [0.29, 0.717) is 25.2 Å². The summed E-state index contributed by atoms with van der Waals surface area (Å²) in [6, 6.07) is 18.0. The lowest BCUT2D eigenvalue weighted by molar-refractivity contribution is -0.141. The van der Waals surface area contributed by atoms with Gasteiger partial charge in [-0.15, -0.1) is 11.3 Å². The molecule has 35 heavy (non-hydrogen) atoms. The van der Waals surface area contributed by atoms with Crippen molar-refractivity contribution in [3.05, 3.63) is 89.3 Å². The third-order valence-electron chi connectivity index (χ3n) is 5.85. The molecule has 2 aromatic carbocycles. The van der Waals surface area contributed by atoms with Gasteiger partial charge < -0.3 is 15.3 Å². The number of aliphatic hydroxyl groups is 1. The second-order valence-corrected chi connectivity index (χ2v) is 9.40. The molecule has 180 valence electrons. The van der Waals surface area contributed by atoms with E-state index in [1.807, 2.05) is 23.1 Å². The van der Waals surface area contributed by atoms with Crippen LogP contribution in [0.4, 0.5) is 34.9 Å². The lowest BCUT2D eigenvalue weighted by Crippen LogP contribution is -2.29. The molecule has 0 saturated carbocycles. The van der Waals surface area contributed by atoms with Crippen LogP contribution >= 0.6 is 11.3 Å². The average molecular weight is 501 g/mol. The van der Waals surface area contributed by atoms with E-state index in [1.165, 1.54) is 23.5 Å². The molecule has 0 amide bonds. The van der Waals surface area contributed by atoms with Crippen LogP contribution < -0.4 is 10.2 Å². The molecule has 2 aromatic heterocycles. The Morgan fingerprint density at radius 1 is 1.03 bits per heavy atom. The van der Waals surface area contributed by atoms with E-state index in [9.17, 15) is 22.7 Å². The van der Waals surface area contributed by atoms with Gasteiger partial charge in [-0.25, -0.2) is 14.4 Å². The zero-order chi connectivity index (χ0) is 24.6. The van der Waals surface area contributed by atoms with Gasteiger partial charge in [-0.1, -0.05) is 12.1 Å². The molecule has 0 aliphatic carbocycles. The molecule has 1 unspecified atom stereocenters. The summed E-state index contributed by atoms with van der Waals surface area (Å²) in [5, 5.41) is 14.1. The number of thiophene rings is 1. The van der Waals surface area contributed by atoms with Crippen LogP contribution in [0.2, 0.25) is 0 Å². The van der Waals surface area contributed by atoms with Crippen molar-refractivity contribution in [2.24, 2.45) is 0 Å². The van der Waals surface area contributed by atoms with Crippen LogP contribution in [0.25, 0.3) is 10.4 Å². The summed E-state index contributed by atoms with van der Waals surface area (Å²) in [7, 11) is 0. The van der Waals surface area contributed by atoms with E-state index in [-0.39, 0.29) is 11.8 Å². The maximum Gasteiger partial charge on any atom is 0.433 e. The number of hydrogen-bond acceptors (Lipinski definition) is 6. The van der Waals surface area contributed by atoms with Crippen molar-refractivity contribution in [3.63, 3.8) is 0 Å². The molecule has 1 saturated heterocycles. The van der Waals surface area contributed by atoms with Crippen molar-refractivity contribution in [2.45, 2.75) is 18.2 Å². The minimum atomic E-state index is -4.55. The Balaban J connectivity index is 1.33. The molecule has 1 atom stereocenters. The van der Waals surface area contributed by atoms with Crippen molar-refractivity contribution in [3.8, 4) is 10.4 Å². The normalized spacial score (nSPS) is 18.1. The van der Waals surface area contributed by atoms with Crippen LogP contribution in [0, 0.1) is 5.82 Å². The van der Waals surface area contributed by atoms with Crippen LogP contribution in [0.15, 0.2) is 72.9 Å². The molecule has 5 rings (SSSR count). The molecule has 0 spiro atoms.